The van der Waals surface area contributed by atoms with Crippen LogP contribution in [-0.4, -0.2) is 12.1 Å². The Labute approximate surface area is 107 Å². The Kier molecular flexibility index (Phi) is 2.71. The van der Waals surface area contributed by atoms with E-state index in [-0.39, 0.29) is 6.04 Å². The number of hydrogen-bond donors (Lipinski definition) is 1. The SMILES string of the molecule is COc1ccc2nc3c(c(C(C)N)c2c1)CCC3. The van der Waals surface area contributed by atoms with Crippen molar-refractivity contribution >= 4 is 10.9 Å². The van der Waals surface area contributed by atoms with Crippen LogP contribution in [0.3, 0.4) is 0 Å². The number of aromatic nitrogens is 1. The third kappa shape index (κ3) is 1.66. The number of pyridine rings is 1. The molecule has 0 radical (unpaired) electrons. The van der Waals surface area contributed by atoms with E-state index in [2.05, 4.69) is 6.07 Å². The first-order chi connectivity index (χ1) is 8.70. The lowest BCUT2D eigenvalue weighted by Crippen LogP contribution is -2.10. The number of ether oxygens (including phenoxy) is 1. The first kappa shape index (κ1) is 11.5. The lowest BCUT2D eigenvalue weighted by atomic mass is 9.96. The van der Waals surface area contributed by atoms with Gasteiger partial charge in [-0.3, -0.25) is 4.98 Å². The minimum atomic E-state index is 0.0365. The van der Waals surface area contributed by atoms with E-state index in [0.29, 0.717) is 0 Å². The molecular weight excluding hydrogens is 224 g/mol. The van der Waals surface area contributed by atoms with Crippen molar-refractivity contribution in [1.29, 1.82) is 0 Å². The van der Waals surface area contributed by atoms with E-state index in [9.17, 15) is 0 Å². The van der Waals surface area contributed by atoms with Crippen molar-refractivity contribution in [2.75, 3.05) is 7.11 Å². The molecule has 3 heteroatoms. The monoisotopic (exact) mass is 242 g/mol. The van der Waals surface area contributed by atoms with Crippen molar-refractivity contribution in [2.45, 2.75) is 32.2 Å². The van der Waals surface area contributed by atoms with Gasteiger partial charge in [-0.15, -0.1) is 0 Å². The van der Waals surface area contributed by atoms with Gasteiger partial charge in [0.25, 0.3) is 0 Å². The summed E-state index contributed by atoms with van der Waals surface area (Å²) in [6, 6.07) is 6.08. The van der Waals surface area contributed by atoms with Crippen LogP contribution in [0.1, 0.15) is 36.2 Å². The molecular formula is C15H18N2O. The maximum Gasteiger partial charge on any atom is 0.119 e. The molecule has 0 aliphatic heterocycles. The predicted octanol–water partition coefficient (Wildman–Crippen LogP) is 2.75. The van der Waals surface area contributed by atoms with E-state index in [1.54, 1.807) is 7.11 Å². The molecule has 1 atom stereocenters. The van der Waals surface area contributed by atoms with Crippen molar-refractivity contribution in [3.8, 4) is 5.75 Å². The Morgan fingerprint density at radius 2 is 2.17 bits per heavy atom. The molecule has 1 aliphatic carbocycles. The van der Waals surface area contributed by atoms with Crippen molar-refractivity contribution in [3.05, 3.63) is 35.0 Å². The van der Waals surface area contributed by atoms with Crippen LogP contribution in [0.5, 0.6) is 5.75 Å². The zero-order valence-corrected chi connectivity index (χ0v) is 10.9. The maximum absolute atomic E-state index is 6.18. The number of hydrogen-bond acceptors (Lipinski definition) is 3. The molecule has 2 N–H and O–H groups in total. The van der Waals surface area contributed by atoms with E-state index in [0.717, 1.165) is 29.5 Å². The fraction of sp³-hybridized carbons (Fsp3) is 0.400. The summed E-state index contributed by atoms with van der Waals surface area (Å²) < 4.78 is 5.31. The summed E-state index contributed by atoms with van der Waals surface area (Å²) in [5, 5.41) is 1.14. The average Bonchev–Trinajstić information content (AvgIpc) is 2.82. The summed E-state index contributed by atoms with van der Waals surface area (Å²) in [7, 11) is 1.69. The van der Waals surface area contributed by atoms with Crippen LogP contribution in [0.15, 0.2) is 18.2 Å². The summed E-state index contributed by atoms with van der Waals surface area (Å²) >= 11 is 0. The van der Waals surface area contributed by atoms with Crippen LogP contribution < -0.4 is 10.5 Å². The topological polar surface area (TPSA) is 48.1 Å². The first-order valence-corrected chi connectivity index (χ1v) is 6.45. The van der Waals surface area contributed by atoms with Gasteiger partial charge in [0.1, 0.15) is 5.75 Å². The first-order valence-electron chi connectivity index (χ1n) is 6.45. The second-order valence-electron chi connectivity index (χ2n) is 4.98. The molecule has 0 spiro atoms. The highest BCUT2D eigenvalue weighted by atomic mass is 16.5. The van der Waals surface area contributed by atoms with Crippen molar-refractivity contribution in [2.24, 2.45) is 5.73 Å². The lowest BCUT2D eigenvalue weighted by Gasteiger charge is -2.16. The molecule has 2 aromatic rings. The van der Waals surface area contributed by atoms with Crippen LogP contribution in [0, 0.1) is 0 Å². The average molecular weight is 242 g/mol. The summed E-state index contributed by atoms with van der Waals surface area (Å²) in [5.74, 6) is 0.865. The Hall–Kier alpha value is -1.61. The quantitative estimate of drug-likeness (QED) is 0.881. The molecule has 0 amide bonds. The second kappa shape index (κ2) is 4.25. The fourth-order valence-corrected chi connectivity index (χ4v) is 2.92. The minimum absolute atomic E-state index is 0.0365. The van der Waals surface area contributed by atoms with E-state index in [4.69, 9.17) is 15.5 Å². The van der Waals surface area contributed by atoms with Crippen molar-refractivity contribution in [3.63, 3.8) is 0 Å². The second-order valence-corrected chi connectivity index (χ2v) is 4.98. The number of fused-ring (bicyclic) bond motifs is 2. The van der Waals surface area contributed by atoms with Gasteiger partial charge in [0.05, 0.1) is 12.6 Å². The largest absolute Gasteiger partial charge is 0.497 e. The summed E-state index contributed by atoms with van der Waals surface area (Å²) in [6.45, 7) is 2.05. The van der Waals surface area contributed by atoms with Crippen LogP contribution in [0.2, 0.25) is 0 Å². The Balaban J connectivity index is 2.35. The summed E-state index contributed by atoms with van der Waals surface area (Å²) in [4.78, 5) is 4.76. The molecule has 0 saturated carbocycles. The van der Waals surface area contributed by atoms with E-state index in [1.165, 1.54) is 23.2 Å². The molecule has 1 aliphatic rings. The molecule has 1 aromatic carbocycles. The van der Waals surface area contributed by atoms with Gasteiger partial charge in [-0.25, -0.2) is 0 Å². The predicted molar refractivity (Wildman–Crippen MR) is 72.9 cm³/mol. The zero-order valence-electron chi connectivity index (χ0n) is 10.9. The van der Waals surface area contributed by atoms with Crippen molar-refractivity contribution in [1.82, 2.24) is 4.98 Å². The zero-order chi connectivity index (χ0) is 12.7. The van der Waals surface area contributed by atoms with Gasteiger partial charge in [0.15, 0.2) is 0 Å². The van der Waals surface area contributed by atoms with Gasteiger partial charge >= 0.3 is 0 Å². The minimum Gasteiger partial charge on any atom is -0.497 e. The van der Waals surface area contributed by atoms with Gasteiger partial charge in [-0.1, -0.05) is 0 Å². The molecule has 1 unspecified atom stereocenters. The molecule has 1 heterocycles. The van der Waals surface area contributed by atoms with Gasteiger partial charge in [0.2, 0.25) is 0 Å². The number of methoxy groups -OCH3 is 1. The third-order valence-electron chi connectivity index (χ3n) is 3.72. The van der Waals surface area contributed by atoms with E-state index in [1.807, 2.05) is 19.1 Å². The maximum atomic E-state index is 6.18. The van der Waals surface area contributed by atoms with Gasteiger partial charge in [0, 0.05) is 17.1 Å². The van der Waals surface area contributed by atoms with Crippen LogP contribution in [0.4, 0.5) is 0 Å². The van der Waals surface area contributed by atoms with Crippen LogP contribution in [-0.2, 0) is 12.8 Å². The molecule has 0 bridgehead atoms. The van der Waals surface area contributed by atoms with Crippen LogP contribution in [0.25, 0.3) is 10.9 Å². The van der Waals surface area contributed by atoms with E-state index >= 15 is 0 Å². The van der Waals surface area contributed by atoms with Crippen LogP contribution >= 0.6 is 0 Å². The molecule has 3 rings (SSSR count). The Morgan fingerprint density at radius 3 is 2.89 bits per heavy atom. The molecule has 94 valence electrons. The molecule has 0 fully saturated rings. The lowest BCUT2D eigenvalue weighted by molar-refractivity contribution is 0.415. The highest BCUT2D eigenvalue weighted by molar-refractivity contribution is 5.86. The van der Waals surface area contributed by atoms with Crippen molar-refractivity contribution < 1.29 is 4.74 Å². The standard InChI is InChI=1S/C15H18N2O/c1-9(16)15-11-4-3-5-13(11)17-14-7-6-10(18-2)8-12(14)15/h6-9H,3-5,16H2,1-2H3. The van der Waals surface area contributed by atoms with E-state index < -0.39 is 0 Å². The number of benzene rings is 1. The Bertz CT molecular complexity index is 605. The summed E-state index contributed by atoms with van der Waals surface area (Å²) in [5.41, 5.74) is 11.1. The fourth-order valence-electron chi connectivity index (χ4n) is 2.92. The highest BCUT2D eigenvalue weighted by Crippen LogP contribution is 2.34. The van der Waals surface area contributed by atoms with Gasteiger partial charge in [-0.05, 0) is 55.5 Å². The third-order valence-corrected chi connectivity index (χ3v) is 3.72. The molecule has 3 nitrogen and oxygen atoms in total. The Morgan fingerprint density at radius 1 is 1.33 bits per heavy atom. The molecule has 0 saturated heterocycles. The summed E-state index contributed by atoms with van der Waals surface area (Å²) in [6.07, 6.45) is 3.37. The number of nitrogens with zero attached hydrogens (tertiary/aromatic N) is 1. The highest BCUT2D eigenvalue weighted by Gasteiger charge is 2.21. The number of aryl methyl sites for hydroxylation is 1. The van der Waals surface area contributed by atoms with Gasteiger partial charge < -0.3 is 10.5 Å². The number of nitrogens with two attached hydrogens (primary N) is 1. The number of rotatable bonds is 2. The van der Waals surface area contributed by atoms with Gasteiger partial charge in [-0.2, -0.15) is 0 Å². The smallest absolute Gasteiger partial charge is 0.119 e. The molecule has 1 aromatic heterocycles. The normalized spacial score (nSPS) is 15.7. The molecule has 18 heavy (non-hydrogen) atoms.